The van der Waals surface area contributed by atoms with E-state index in [1.54, 1.807) is 6.92 Å². The standard InChI is InChI=1S/C6H14ClNO3S/c1-4-5(2)8(6(3)7)12(9,10)11/h5-6H,4H2,1-3H3,(H,9,10,11). The summed E-state index contributed by atoms with van der Waals surface area (Å²) < 4.78 is 31.2. The highest BCUT2D eigenvalue weighted by atomic mass is 35.5. The van der Waals surface area contributed by atoms with E-state index in [2.05, 4.69) is 0 Å². The van der Waals surface area contributed by atoms with Crippen LogP contribution in [-0.2, 0) is 10.3 Å². The number of alkyl halides is 1. The van der Waals surface area contributed by atoms with Crippen molar-refractivity contribution in [1.82, 2.24) is 4.31 Å². The molecule has 0 bridgehead atoms. The minimum Gasteiger partial charge on any atom is -0.273 e. The van der Waals surface area contributed by atoms with Crippen LogP contribution in [0.5, 0.6) is 0 Å². The molecule has 0 aliphatic heterocycles. The van der Waals surface area contributed by atoms with Crippen molar-refractivity contribution in [3.63, 3.8) is 0 Å². The lowest BCUT2D eigenvalue weighted by molar-refractivity contribution is 0.284. The number of hydrogen-bond acceptors (Lipinski definition) is 2. The maximum absolute atomic E-state index is 10.8. The van der Waals surface area contributed by atoms with Crippen molar-refractivity contribution in [3.05, 3.63) is 0 Å². The van der Waals surface area contributed by atoms with Gasteiger partial charge in [0.25, 0.3) is 0 Å². The van der Waals surface area contributed by atoms with Gasteiger partial charge >= 0.3 is 10.3 Å². The fourth-order valence-corrected chi connectivity index (χ4v) is 2.41. The monoisotopic (exact) mass is 215 g/mol. The predicted molar refractivity (Wildman–Crippen MR) is 48.5 cm³/mol. The van der Waals surface area contributed by atoms with Crippen molar-refractivity contribution < 1.29 is 13.0 Å². The van der Waals surface area contributed by atoms with Gasteiger partial charge in [-0.25, -0.2) is 0 Å². The second-order valence-electron chi connectivity index (χ2n) is 2.64. The van der Waals surface area contributed by atoms with Crippen LogP contribution in [0.4, 0.5) is 0 Å². The Morgan fingerprint density at radius 3 is 2.00 bits per heavy atom. The summed E-state index contributed by atoms with van der Waals surface area (Å²) in [4.78, 5) is 0. The Kier molecular flexibility index (Phi) is 4.47. The van der Waals surface area contributed by atoms with E-state index in [0.29, 0.717) is 6.42 Å². The third kappa shape index (κ3) is 3.26. The molecule has 0 spiro atoms. The van der Waals surface area contributed by atoms with E-state index in [4.69, 9.17) is 16.2 Å². The number of hydrogen-bond donors (Lipinski definition) is 1. The first-order valence-electron chi connectivity index (χ1n) is 3.70. The highest BCUT2D eigenvalue weighted by molar-refractivity contribution is 7.83. The molecular formula is C6H14ClNO3S. The van der Waals surface area contributed by atoms with E-state index in [0.717, 1.165) is 4.31 Å². The van der Waals surface area contributed by atoms with Crippen LogP contribution in [0.3, 0.4) is 0 Å². The Bertz CT molecular complexity index is 227. The van der Waals surface area contributed by atoms with Crippen molar-refractivity contribution in [1.29, 1.82) is 0 Å². The van der Waals surface area contributed by atoms with E-state index >= 15 is 0 Å². The zero-order chi connectivity index (χ0) is 9.94. The van der Waals surface area contributed by atoms with Gasteiger partial charge in [-0.3, -0.25) is 4.55 Å². The Hall–Kier alpha value is 0.160. The largest absolute Gasteiger partial charge is 0.337 e. The zero-order valence-electron chi connectivity index (χ0n) is 7.36. The summed E-state index contributed by atoms with van der Waals surface area (Å²) in [6.45, 7) is 5.01. The summed E-state index contributed by atoms with van der Waals surface area (Å²) in [5, 5.41) is 0. The maximum Gasteiger partial charge on any atom is 0.337 e. The second-order valence-corrected chi connectivity index (χ2v) is 4.59. The number of nitrogens with zero attached hydrogens (tertiary/aromatic N) is 1. The molecular weight excluding hydrogens is 202 g/mol. The van der Waals surface area contributed by atoms with Crippen molar-refractivity contribution in [2.45, 2.75) is 38.7 Å². The van der Waals surface area contributed by atoms with Crippen LogP contribution >= 0.6 is 11.6 Å². The average molecular weight is 216 g/mol. The summed E-state index contributed by atoms with van der Waals surface area (Å²) in [6, 6.07) is -0.285. The SMILES string of the molecule is CCC(C)N(C(C)Cl)S(=O)(=O)O. The molecule has 4 nitrogen and oxygen atoms in total. The van der Waals surface area contributed by atoms with E-state index in [-0.39, 0.29) is 6.04 Å². The lowest BCUT2D eigenvalue weighted by Gasteiger charge is -2.26. The molecule has 2 unspecified atom stereocenters. The highest BCUT2D eigenvalue weighted by Crippen LogP contribution is 2.15. The van der Waals surface area contributed by atoms with Crippen LogP contribution in [0, 0.1) is 0 Å². The molecule has 0 aliphatic carbocycles. The molecule has 1 N–H and O–H groups in total. The van der Waals surface area contributed by atoms with E-state index in [9.17, 15) is 8.42 Å². The topological polar surface area (TPSA) is 57.6 Å². The smallest absolute Gasteiger partial charge is 0.273 e. The van der Waals surface area contributed by atoms with E-state index in [1.165, 1.54) is 6.92 Å². The van der Waals surface area contributed by atoms with Crippen LogP contribution < -0.4 is 0 Å². The molecule has 74 valence electrons. The molecule has 0 saturated heterocycles. The third-order valence-corrected chi connectivity index (χ3v) is 3.18. The lowest BCUT2D eigenvalue weighted by Crippen LogP contribution is -2.41. The molecule has 0 saturated carbocycles. The van der Waals surface area contributed by atoms with Crippen molar-refractivity contribution in [3.8, 4) is 0 Å². The van der Waals surface area contributed by atoms with E-state index in [1.807, 2.05) is 6.92 Å². The first kappa shape index (κ1) is 12.2. The quantitative estimate of drug-likeness (QED) is 0.439. The fraction of sp³-hybridized carbons (Fsp3) is 1.00. The summed E-state index contributed by atoms with van der Waals surface area (Å²) in [6.07, 6.45) is 0.608. The molecule has 0 rings (SSSR count). The zero-order valence-corrected chi connectivity index (χ0v) is 8.93. The maximum atomic E-state index is 10.8. The molecule has 6 heteroatoms. The molecule has 0 amide bonds. The highest BCUT2D eigenvalue weighted by Gasteiger charge is 2.27. The van der Waals surface area contributed by atoms with Gasteiger partial charge in [-0.15, -0.1) is 11.6 Å². The molecule has 0 fully saturated rings. The van der Waals surface area contributed by atoms with E-state index < -0.39 is 15.8 Å². The van der Waals surface area contributed by atoms with Gasteiger partial charge in [-0.05, 0) is 20.3 Å². The minimum atomic E-state index is -4.17. The first-order chi connectivity index (χ1) is 5.30. The summed E-state index contributed by atoms with van der Waals surface area (Å²) in [5.74, 6) is 0. The molecule has 12 heavy (non-hydrogen) atoms. The van der Waals surface area contributed by atoms with Gasteiger partial charge in [-0.1, -0.05) is 6.92 Å². The predicted octanol–water partition coefficient (Wildman–Crippen LogP) is 1.47. The van der Waals surface area contributed by atoms with Crippen LogP contribution in [-0.4, -0.2) is 28.8 Å². The summed E-state index contributed by atoms with van der Waals surface area (Å²) in [7, 11) is -4.17. The minimum absolute atomic E-state index is 0.285. The Labute approximate surface area is 78.4 Å². The summed E-state index contributed by atoms with van der Waals surface area (Å²) in [5.41, 5.74) is -0.727. The molecule has 0 aromatic rings. The molecule has 0 heterocycles. The third-order valence-electron chi connectivity index (χ3n) is 1.64. The van der Waals surface area contributed by atoms with Crippen LogP contribution in [0.15, 0.2) is 0 Å². The van der Waals surface area contributed by atoms with Gasteiger partial charge in [0, 0.05) is 6.04 Å². The van der Waals surface area contributed by atoms with Gasteiger partial charge in [0.1, 0.15) is 0 Å². The Morgan fingerprint density at radius 1 is 1.50 bits per heavy atom. The molecule has 0 aromatic carbocycles. The van der Waals surface area contributed by atoms with Crippen molar-refractivity contribution >= 4 is 21.9 Å². The molecule has 0 radical (unpaired) electrons. The fourth-order valence-electron chi connectivity index (χ4n) is 0.942. The molecule has 0 aliphatic rings. The van der Waals surface area contributed by atoms with Gasteiger partial charge < -0.3 is 0 Å². The van der Waals surface area contributed by atoms with Crippen LogP contribution in [0.2, 0.25) is 0 Å². The van der Waals surface area contributed by atoms with Gasteiger partial charge in [0.2, 0.25) is 0 Å². The molecule has 0 aromatic heterocycles. The van der Waals surface area contributed by atoms with Crippen LogP contribution in [0.1, 0.15) is 27.2 Å². The van der Waals surface area contributed by atoms with Crippen molar-refractivity contribution in [2.75, 3.05) is 0 Å². The van der Waals surface area contributed by atoms with Gasteiger partial charge in [-0.2, -0.15) is 12.7 Å². The Balaban J connectivity index is 4.69. The van der Waals surface area contributed by atoms with Crippen LogP contribution in [0.25, 0.3) is 0 Å². The summed E-state index contributed by atoms with van der Waals surface area (Å²) >= 11 is 5.59. The van der Waals surface area contributed by atoms with Gasteiger partial charge in [0.05, 0.1) is 5.50 Å². The Morgan fingerprint density at radius 2 is 1.92 bits per heavy atom. The van der Waals surface area contributed by atoms with Gasteiger partial charge in [0.15, 0.2) is 0 Å². The first-order valence-corrected chi connectivity index (χ1v) is 5.54. The molecule has 2 atom stereocenters. The normalized spacial score (nSPS) is 17.8. The average Bonchev–Trinajstić information content (AvgIpc) is 1.83. The second kappa shape index (κ2) is 4.41. The number of rotatable bonds is 4. The number of halogens is 1. The lowest BCUT2D eigenvalue weighted by atomic mass is 10.3. The van der Waals surface area contributed by atoms with Crippen molar-refractivity contribution in [2.24, 2.45) is 0 Å².